The first-order chi connectivity index (χ1) is 18.7. The molecule has 3 aromatic heterocycles. The number of para-hydroxylation sites is 2. The number of furan rings is 2. The van der Waals surface area contributed by atoms with Crippen molar-refractivity contribution in [3.05, 3.63) is 96.2 Å². The van der Waals surface area contributed by atoms with Crippen LogP contribution in [0.3, 0.4) is 0 Å². The highest BCUT2D eigenvalue weighted by atomic mass is 28.3. The van der Waals surface area contributed by atoms with Gasteiger partial charge in [0.15, 0.2) is 0 Å². The summed E-state index contributed by atoms with van der Waals surface area (Å²) in [5.41, 5.74) is 10.6. The van der Waals surface area contributed by atoms with Crippen molar-refractivity contribution >= 4 is 57.1 Å². The van der Waals surface area contributed by atoms with E-state index in [-0.39, 0.29) is 5.41 Å². The van der Waals surface area contributed by atoms with Crippen LogP contribution in [-0.2, 0) is 5.41 Å². The largest absolute Gasteiger partial charge is 0.456 e. The molecule has 3 nitrogen and oxygen atoms in total. The van der Waals surface area contributed by atoms with Gasteiger partial charge in [-0.05, 0) is 34.0 Å². The minimum Gasteiger partial charge on any atom is -0.456 e. The lowest BCUT2D eigenvalue weighted by molar-refractivity contribution is 0.620. The van der Waals surface area contributed by atoms with Gasteiger partial charge >= 0.3 is 0 Å². The number of rotatable bonds is 2. The van der Waals surface area contributed by atoms with Crippen LogP contribution in [0.15, 0.2) is 93.9 Å². The van der Waals surface area contributed by atoms with Crippen molar-refractivity contribution in [1.29, 1.82) is 0 Å². The van der Waals surface area contributed by atoms with E-state index < -0.39 is 8.07 Å². The van der Waals surface area contributed by atoms with E-state index in [1.165, 1.54) is 27.4 Å². The lowest BCUT2D eigenvalue weighted by atomic mass is 9.82. The van der Waals surface area contributed by atoms with Crippen LogP contribution in [-0.4, -0.2) is 13.1 Å². The van der Waals surface area contributed by atoms with Crippen LogP contribution in [0, 0.1) is 0 Å². The van der Waals surface area contributed by atoms with E-state index in [4.69, 9.17) is 13.8 Å². The summed E-state index contributed by atoms with van der Waals surface area (Å²) in [5, 5.41) is 5.81. The maximum absolute atomic E-state index is 6.82. The fourth-order valence-electron chi connectivity index (χ4n) is 6.74. The quantitative estimate of drug-likeness (QED) is 0.212. The standard InChI is InChI=1S/C35H29NO2Si/c1-35(2)27-14-7-6-10-20(27)21-16-17-24-22-11-8-13-25(32(22)38-34(24)31(21)35)28-18-29-26(19-36-28)23-12-9-15-30(33(23)37-29)39(3,4)5/h6-19H,1-5H3. The minimum atomic E-state index is -1.57. The van der Waals surface area contributed by atoms with Crippen LogP contribution in [0.4, 0.5) is 0 Å². The molecule has 0 bridgehead atoms. The molecule has 0 spiro atoms. The van der Waals surface area contributed by atoms with E-state index in [2.05, 4.69) is 112 Å². The Morgan fingerprint density at radius 1 is 0.641 bits per heavy atom. The highest BCUT2D eigenvalue weighted by molar-refractivity contribution is 6.90. The number of pyridine rings is 1. The molecule has 0 unspecified atom stereocenters. The van der Waals surface area contributed by atoms with Gasteiger partial charge in [-0.3, -0.25) is 4.98 Å². The third-order valence-electron chi connectivity index (χ3n) is 8.65. The van der Waals surface area contributed by atoms with E-state index in [9.17, 15) is 0 Å². The molecule has 0 amide bonds. The molecule has 0 radical (unpaired) electrons. The summed E-state index contributed by atoms with van der Waals surface area (Å²) in [6.07, 6.45) is 1.96. The first kappa shape index (κ1) is 22.8. The van der Waals surface area contributed by atoms with Gasteiger partial charge in [-0.15, -0.1) is 0 Å². The van der Waals surface area contributed by atoms with E-state index in [1.54, 1.807) is 0 Å². The van der Waals surface area contributed by atoms with E-state index in [1.807, 2.05) is 6.20 Å². The van der Waals surface area contributed by atoms with E-state index in [0.717, 1.165) is 55.1 Å². The summed E-state index contributed by atoms with van der Waals surface area (Å²) in [6, 6.07) is 28.2. The van der Waals surface area contributed by atoms with Crippen molar-refractivity contribution in [2.45, 2.75) is 38.9 Å². The van der Waals surface area contributed by atoms with Crippen molar-refractivity contribution in [1.82, 2.24) is 4.98 Å². The van der Waals surface area contributed by atoms with Gasteiger partial charge in [0.25, 0.3) is 0 Å². The summed E-state index contributed by atoms with van der Waals surface area (Å²) in [7, 11) is -1.57. The molecule has 0 saturated heterocycles. The summed E-state index contributed by atoms with van der Waals surface area (Å²) >= 11 is 0. The maximum Gasteiger partial charge on any atom is 0.144 e. The third kappa shape index (κ3) is 3.01. The minimum absolute atomic E-state index is 0.140. The molecule has 0 atom stereocenters. The topological polar surface area (TPSA) is 39.2 Å². The molecule has 0 aliphatic heterocycles. The Labute approximate surface area is 228 Å². The zero-order valence-corrected chi connectivity index (χ0v) is 23.8. The highest BCUT2D eigenvalue weighted by Gasteiger charge is 2.38. The summed E-state index contributed by atoms with van der Waals surface area (Å²) in [4.78, 5) is 4.94. The molecule has 8 rings (SSSR count). The monoisotopic (exact) mass is 523 g/mol. The molecule has 7 aromatic rings. The Morgan fingerprint density at radius 2 is 1.36 bits per heavy atom. The average molecular weight is 524 g/mol. The van der Waals surface area contributed by atoms with Gasteiger partial charge < -0.3 is 8.83 Å². The Kier molecular flexibility index (Phi) is 4.38. The highest BCUT2D eigenvalue weighted by Crippen LogP contribution is 2.52. The van der Waals surface area contributed by atoms with E-state index >= 15 is 0 Å². The molecular formula is C35H29NO2Si. The summed E-state index contributed by atoms with van der Waals surface area (Å²) < 4.78 is 13.3. The predicted octanol–water partition coefficient (Wildman–Crippen LogP) is 9.40. The molecule has 0 fully saturated rings. The molecule has 4 heteroatoms. The number of hydrogen-bond donors (Lipinski definition) is 0. The smallest absolute Gasteiger partial charge is 0.144 e. The zero-order chi connectivity index (χ0) is 26.7. The first-order valence-electron chi connectivity index (χ1n) is 13.6. The zero-order valence-electron chi connectivity index (χ0n) is 22.8. The summed E-state index contributed by atoms with van der Waals surface area (Å²) in [6.45, 7) is 11.7. The van der Waals surface area contributed by atoms with Gasteiger partial charge in [-0.25, -0.2) is 0 Å². The Bertz CT molecular complexity index is 2140. The predicted molar refractivity (Wildman–Crippen MR) is 165 cm³/mol. The molecule has 4 aromatic carbocycles. The molecular weight excluding hydrogens is 494 g/mol. The van der Waals surface area contributed by atoms with Crippen LogP contribution in [0.25, 0.3) is 66.3 Å². The van der Waals surface area contributed by atoms with Gasteiger partial charge in [-0.1, -0.05) is 94.2 Å². The molecule has 0 saturated carbocycles. The fourth-order valence-corrected chi connectivity index (χ4v) is 8.20. The van der Waals surface area contributed by atoms with Gasteiger partial charge in [0.2, 0.25) is 0 Å². The Morgan fingerprint density at radius 3 is 2.18 bits per heavy atom. The van der Waals surface area contributed by atoms with Gasteiger partial charge in [-0.2, -0.15) is 0 Å². The molecule has 1 aliphatic rings. The van der Waals surface area contributed by atoms with Crippen LogP contribution in [0.1, 0.15) is 25.0 Å². The molecule has 1 aliphatic carbocycles. The number of fused-ring (bicyclic) bond motifs is 10. The first-order valence-corrected chi connectivity index (χ1v) is 17.1. The molecule has 3 heterocycles. The van der Waals surface area contributed by atoms with Gasteiger partial charge in [0.1, 0.15) is 22.3 Å². The van der Waals surface area contributed by atoms with Crippen molar-refractivity contribution in [3.63, 3.8) is 0 Å². The maximum atomic E-state index is 6.82. The lowest BCUT2D eigenvalue weighted by Crippen LogP contribution is -2.37. The number of nitrogens with zero attached hydrogens (tertiary/aromatic N) is 1. The SMILES string of the molecule is CC1(C)c2ccccc2-c2ccc3c(oc4c(-c5cc6oc7c([Si](C)(C)C)cccc7c6cn5)cccc43)c21. The molecule has 190 valence electrons. The molecule has 39 heavy (non-hydrogen) atoms. The summed E-state index contributed by atoms with van der Waals surface area (Å²) in [5.74, 6) is 0. The number of hydrogen-bond acceptors (Lipinski definition) is 3. The van der Waals surface area contributed by atoms with Crippen molar-refractivity contribution in [3.8, 4) is 22.4 Å². The van der Waals surface area contributed by atoms with Crippen molar-refractivity contribution in [2.75, 3.05) is 0 Å². The Hall–Kier alpha value is -4.15. The lowest BCUT2D eigenvalue weighted by Gasteiger charge is -2.21. The number of aromatic nitrogens is 1. The fraction of sp³-hybridized carbons (Fsp3) is 0.171. The van der Waals surface area contributed by atoms with E-state index in [0.29, 0.717) is 0 Å². The van der Waals surface area contributed by atoms with Crippen molar-refractivity contribution in [2.24, 2.45) is 0 Å². The normalized spacial score (nSPS) is 14.5. The molecule has 0 N–H and O–H groups in total. The van der Waals surface area contributed by atoms with Crippen LogP contribution < -0.4 is 5.19 Å². The Balaban J connectivity index is 1.37. The van der Waals surface area contributed by atoms with Crippen LogP contribution in [0.5, 0.6) is 0 Å². The van der Waals surface area contributed by atoms with Crippen molar-refractivity contribution < 1.29 is 8.83 Å². The second-order valence-corrected chi connectivity index (χ2v) is 17.5. The second kappa shape index (κ2) is 7.49. The average Bonchev–Trinajstić information content (AvgIpc) is 3.55. The third-order valence-corrected chi connectivity index (χ3v) is 10.7. The van der Waals surface area contributed by atoms with Crippen LogP contribution >= 0.6 is 0 Å². The van der Waals surface area contributed by atoms with Gasteiger partial charge in [0, 0.05) is 50.4 Å². The van der Waals surface area contributed by atoms with Crippen LogP contribution in [0.2, 0.25) is 19.6 Å². The second-order valence-electron chi connectivity index (χ2n) is 12.4. The number of benzene rings is 4. The van der Waals surface area contributed by atoms with Gasteiger partial charge in [0.05, 0.1) is 13.8 Å².